The van der Waals surface area contributed by atoms with Gasteiger partial charge in [-0.15, -0.1) is 0 Å². The normalized spacial score (nSPS) is 11.7. The summed E-state index contributed by atoms with van der Waals surface area (Å²) in [7, 11) is 1.62. The van der Waals surface area contributed by atoms with Crippen LogP contribution in [-0.4, -0.2) is 13.3 Å². The van der Waals surface area contributed by atoms with Crippen LogP contribution in [0, 0.1) is 17.2 Å². The van der Waals surface area contributed by atoms with Gasteiger partial charge in [0.25, 0.3) is 0 Å². The van der Waals surface area contributed by atoms with Gasteiger partial charge in [0, 0.05) is 6.21 Å². The van der Waals surface area contributed by atoms with Crippen molar-refractivity contribution in [2.24, 2.45) is 10.9 Å². The zero-order valence-corrected chi connectivity index (χ0v) is 15.8. The van der Waals surface area contributed by atoms with E-state index in [9.17, 15) is 5.26 Å². The molecule has 0 bridgehead atoms. The first-order valence-electron chi connectivity index (χ1n) is 9.11. The molecule has 3 rings (SSSR count). The van der Waals surface area contributed by atoms with Gasteiger partial charge in [0.05, 0.1) is 24.8 Å². The lowest BCUT2D eigenvalue weighted by Crippen LogP contribution is -2.04. The van der Waals surface area contributed by atoms with E-state index in [0.29, 0.717) is 24.5 Å². The fraction of sp³-hybridized carbons (Fsp3) is 0.167. The fourth-order valence-electron chi connectivity index (χ4n) is 2.77. The second-order valence-electron chi connectivity index (χ2n) is 6.31. The highest BCUT2D eigenvalue weighted by molar-refractivity contribution is 5.69. The summed E-state index contributed by atoms with van der Waals surface area (Å²) in [6.07, 6.45) is 2.25. The molecule has 0 spiro atoms. The first kappa shape index (κ1) is 19.2. The molecule has 0 fully saturated rings. The number of hydrogen-bond acceptors (Lipinski definition) is 4. The van der Waals surface area contributed by atoms with Crippen molar-refractivity contribution in [3.05, 3.63) is 90.0 Å². The highest BCUT2D eigenvalue weighted by Crippen LogP contribution is 2.29. The summed E-state index contributed by atoms with van der Waals surface area (Å²) in [5, 5.41) is 9.46. The lowest BCUT2D eigenvalue weighted by molar-refractivity contribution is 0.284. The van der Waals surface area contributed by atoms with Crippen molar-refractivity contribution >= 4 is 11.9 Å². The largest absolute Gasteiger partial charge is 0.493 e. The second-order valence-corrected chi connectivity index (χ2v) is 6.31. The van der Waals surface area contributed by atoms with Gasteiger partial charge in [-0.25, -0.2) is 0 Å². The molecule has 140 valence electrons. The van der Waals surface area contributed by atoms with Crippen molar-refractivity contribution in [3.8, 4) is 17.6 Å². The molecule has 3 aromatic carbocycles. The third-order valence-electron chi connectivity index (χ3n) is 4.25. The van der Waals surface area contributed by atoms with Crippen LogP contribution in [0.3, 0.4) is 0 Å². The van der Waals surface area contributed by atoms with Crippen molar-refractivity contribution in [2.75, 3.05) is 7.11 Å². The summed E-state index contributed by atoms with van der Waals surface area (Å²) >= 11 is 0. The fourth-order valence-corrected chi connectivity index (χ4v) is 2.77. The van der Waals surface area contributed by atoms with E-state index in [4.69, 9.17) is 9.47 Å². The lowest BCUT2D eigenvalue weighted by atomic mass is 10.0. The molecule has 28 heavy (non-hydrogen) atoms. The Balaban J connectivity index is 1.66. The van der Waals surface area contributed by atoms with Crippen LogP contribution in [0.4, 0.5) is 5.69 Å². The third-order valence-corrected chi connectivity index (χ3v) is 4.25. The number of ether oxygens (including phenoxy) is 2. The Morgan fingerprint density at radius 3 is 2.32 bits per heavy atom. The van der Waals surface area contributed by atoms with Crippen LogP contribution < -0.4 is 9.47 Å². The smallest absolute Gasteiger partial charge is 0.161 e. The van der Waals surface area contributed by atoms with Gasteiger partial charge in [-0.2, -0.15) is 5.26 Å². The summed E-state index contributed by atoms with van der Waals surface area (Å²) < 4.78 is 11.4. The number of nitrogens with zero attached hydrogens (tertiary/aromatic N) is 2. The molecule has 0 radical (unpaired) electrons. The summed E-state index contributed by atoms with van der Waals surface area (Å²) in [5.41, 5.74) is 2.93. The SMILES string of the molecule is COc1cc(CC(C#N)C=Nc2ccccc2)ccc1OCc1ccccc1. The molecular weight excluding hydrogens is 348 g/mol. The van der Waals surface area contributed by atoms with Gasteiger partial charge in [-0.3, -0.25) is 4.99 Å². The Bertz CT molecular complexity index is 947. The zero-order chi connectivity index (χ0) is 19.6. The molecule has 1 atom stereocenters. The molecule has 3 aromatic rings. The van der Waals surface area contributed by atoms with Crippen LogP contribution in [0.15, 0.2) is 83.9 Å². The zero-order valence-electron chi connectivity index (χ0n) is 15.8. The van der Waals surface area contributed by atoms with Gasteiger partial charge >= 0.3 is 0 Å². The highest BCUT2D eigenvalue weighted by atomic mass is 16.5. The van der Waals surface area contributed by atoms with Crippen LogP contribution in [0.5, 0.6) is 11.5 Å². The maximum Gasteiger partial charge on any atom is 0.161 e. The van der Waals surface area contributed by atoms with E-state index >= 15 is 0 Å². The quantitative estimate of drug-likeness (QED) is 0.502. The third kappa shape index (κ3) is 5.46. The Morgan fingerprint density at radius 2 is 1.64 bits per heavy atom. The van der Waals surface area contributed by atoms with Gasteiger partial charge < -0.3 is 9.47 Å². The number of hydrogen-bond donors (Lipinski definition) is 0. The van der Waals surface area contributed by atoms with E-state index in [0.717, 1.165) is 16.8 Å². The molecule has 0 saturated heterocycles. The van der Waals surface area contributed by atoms with Crippen molar-refractivity contribution in [2.45, 2.75) is 13.0 Å². The van der Waals surface area contributed by atoms with Crippen molar-refractivity contribution < 1.29 is 9.47 Å². The number of benzene rings is 3. The molecule has 1 unspecified atom stereocenters. The van der Waals surface area contributed by atoms with Crippen LogP contribution in [0.2, 0.25) is 0 Å². The summed E-state index contributed by atoms with van der Waals surface area (Å²) in [4.78, 5) is 4.39. The van der Waals surface area contributed by atoms with Gasteiger partial charge in [0.15, 0.2) is 11.5 Å². The molecule has 0 aliphatic rings. The minimum atomic E-state index is -0.319. The van der Waals surface area contributed by atoms with E-state index in [1.54, 1.807) is 13.3 Å². The molecule has 4 heteroatoms. The molecule has 0 N–H and O–H groups in total. The predicted octanol–water partition coefficient (Wildman–Crippen LogP) is 5.36. The second kappa shape index (κ2) is 9.94. The summed E-state index contributed by atoms with van der Waals surface area (Å²) in [6.45, 7) is 0.473. The molecule has 0 amide bonds. The van der Waals surface area contributed by atoms with Crippen molar-refractivity contribution in [1.82, 2.24) is 0 Å². The van der Waals surface area contributed by atoms with E-state index in [1.165, 1.54) is 0 Å². The summed E-state index contributed by atoms with van der Waals surface area (Å²) in [5.74, 6) is 1.02. The Hall–Kier alpha value is -3.58. The maximum atomic E-state index is 9.46. The average Bonchev–Trinajstić information content (AvgIpc) is 2.77. The standard InChI is InChI=1S/C24H22N2O2/c1-27-24-15-20(12-13-23(24)28-18-19-8-4-2-5-9-19)14-21(16-25)17-26-22-10-6-3-7-11-22/h2-13,15,17,21H,14,18H2,1H3. The monoisotopic (exact) mass is 370 g/mol. The molecule has 0 saturated carbocycles. The van der Waals surface area contributed by atoms with E-state index in [-0.39, 0.29) is 5.92 Å². The van der Waals surface area contributed by atoms with Crippen LogP contribution >= 0.6 is 0 Å². The van der Waals surface area contributed by atoms with Crippen molar-refractivity contribution in [3.63, 3.8) is 0 Å². The summed E-state index contributed by atoms with van der Waals surface area (Å²) in [6, 6.07) is 27.7. The number of nitriles is 1. The van der Waals surface area contributed by atoms with E-state index < -0.39 is 0 Å². The highest BCUT2D eigenvalue weighted by Gasteiger charge is 2.10. The minimum absolute atomic E-state index is 0.319. The molecule has 0 aliphatic heterocycles. The van der Waals surface area contributed by atoms with Crippen LogP contribution in [0.1, 0.15) is 11.1 Å². The first-order chi connectivity index (χ1) is 13.8. The first-order valence-corrected chi connectivity index (χ1v) is 9.11. The van der Waals surface area contributed by atoms with E-state index in [1.807, 2.05) is 78.9 Å². The van der Waals surface area contributed by atoms with Crippen molar-refractivity contribution in [1.29, 1.82) is 5.26 Å². The molecule has 4 nitrogen and oxygen atoms in total. The van der Waals surface area contributed by atoms with Gasteiger partial charge in [0.2, 0.25) is 0 Å². The molecular formula is C24H22N2O2. The molecule has 0 aromatic heterocycles. The number of methoxy groups -OCH3 is 1. The van der Waals surface area contributed by atoms with Gasteiger partial charge in [-0.1, -0.05) is 54.6 Å². The predicted molar refractivity (Wildman–Crippen MR) is 111 cm³/mol. The number of rotatable bonds is 8. The van der Waals surface area contributed by atoms with Crippen LogP contribution in [0.25, 0.3) is 0 Å². The van der Waals surface area contributed by atoms with Gasteiger partial charge in [-0.05, 0) is 41.8 Å². The Labute approximate surface area is 165 Å². The lowest BCUT2D eigenvalue weighted by Gasteiger charge is -2.13. The molecule has 0 aliphatic carbocycles. The minimum Gasteiger partial charge on any atom is -0.493 e. The van der Waals surface area contributed by atoms with E-state index in [2.05, 4.69) is 11.1 Å². The Kier molecular flexibility index (Phi) is 6.81. The Morgan fingerprint density at radius 1 is 0.929 bits per heavy atom. The number of para-hydroxylation sites is 1. The van der Waals surface area contributed by atoms with Gasteiger partial charge in [0.1, 0.15) is 6.61 Å². The average molecular weight is 370 g/mol. The number of aliphatic imine (C=N–C) groups is 1. The topological polar surface area (TPSA) is 54.6 Å². The maximum absolute atomic E-state index is 9.46. The van der Waals surface area contributed by atoms with Crippen LogP contribution in [-0.2, 0) is 13.0 Å². The molecule has 0 heterocycles.